The van der Waals surface area contributed by atoms with Crippen LogP contribution in [0.2, 0.25) is 0 Å². The van der Waals surface area contributed by atoms with Crippen molar-refractivity contribution in [2.24, 2.45) is 0 Å². The highest BCUT2D eigenvalue weighted by Gasteiger charge is 2.02. The Hall–Kier alpha value is -2.04. The van der Waals surface area contributed by atoms with Crippen molar-refractivity contribution in [1.82, 2.24) is 15.0 Å². The van der Waals surface area contributed by atoms with E-state index in [1.807, 2.05) is 19.2 Å². The lowest BCUT2D eigenvalue weighted by Crippen LogP contribution is -2.09. The Kier molecular flexibility index (Phi) is 3.05. The first kappa shape index (κ1) is 10.5. The zero-order chi connectivity index (χ0) is 11.4. The maximum absolute atomic E-state index is 5.90. The zero-order valence-electron chi connectivity index (χ0n) is 9.20. The van der Waals surface area contributed by atoms with E-state index in [1.54, 1.807) is 12.5 Å². The highest BCUT2D eigenvalue weighted by atomic mass is 15.0. The lowest BCUT2D eigenvalue weighted by Gasteiger charge is -2.08. The Morgan fingerprint density at radius 1 is 1.50 bits per heavy atom. The number of nitrogen functional groups attached to an aromatic ring is 1. The van der Waals surface area contributed by atoms with Crippen LogP contribution in [0.3, 0.4) is 0 Å². The number of aryl methyl sites for hydroxylation is 1. The van der Waals surface area contributed by atoms with E-state index >= 15 is 0 Å². The number of hydrogen-bond donors (Lipinski definition) is 3. The SMILES string of the molecule is Cc1ccnc(NCCc2cnc[nH]2)c1N. The van der Waals surface area contributed by atoms with E-state index in [4.69, 9.17) is 5.73 Å². The van der Waals surface area contributed by atoms with Gasteiger partial charge in [0.15, 0.2) is 0 Å². The fourth-order valence-electron chi connectivity index (χ4n) is 1.45. The van der Waals surface area contributed by atoms with E-state index < -0.39 is 0 Å². The quantitative estimate of drug-likeness (QED) is 0.722. The van der Waals surface area contributed by atoms with Gasteiger partial charge in [0.25, 0.3) is 0 Å². The molecule has 0 radical (unpaired) electrons. The van der Waals surface area contributed by atoms with E-state index in [1.165, 1.54) is 0 Å². The molecule has 0 spiro atoms. The molecule has 2 rings (SSSR count). The average molecular weight is 217 g/mol. The van der Waals surface area contributed by atoms with E-state index in [0.29, 0.717) is 5.69 Å². The summed E-state index contributed by atoms with van der Waals surface area (Å²) in [5.41, 5.74) is 8.75. The standard InChI is InChI=1S/C11H15N5/c1-8-2-4-14-11(10(8)12)15-5-3-9-6-13-7-16-9/h2,4,6-7H,3,5,12H2,1H3,(H,13,16)(H,14,15). The van der Waals surface area contributed by atoms with Gasteiger partial charge in [0, 0.05) is 31.1 Å². The normalized spacial score (nSPS) is 10.3. The molecule has 2 heterocycles. The van der Waals surface area contributed by atoms with Crippen molar-refractivity contribution in [1.29, 1.82) is 0 Å². The second-order valence-electron chi connectivity index (χ2n) is 3.64. The number of H-pyrrole nitrogens is 1. The number of aromatic nitrogens is 3. The van der Waals surface area contributed by atoms with Gasteiger partial charge in [0.2, 0.25) is 0 Å². The van der Waals surface area contributed by atoms with Crippen molar-refractivity contribution >= 4 is 11.5 Å². The summed E-state index contributed by atoms with van der Waals surface area (Å²) in [7, 11) is 0. The molecule has 0 atom stereocenters. The molecule has 2 aromatic rings. The first-order chi connectivity index (χ1) is 7.77. The number of nitrogens with two attached hydrogens (primary N) is 1. The average Bonchev–Trinajstić information content (AvgIpc) is 2.77. The topological polar surface area (TPSA) is 79.6 Å². The van der Waals surface area contributed by atoms with Gasteiger partial charge in [-0.15, -0.1) is 0 Å². The molecule has 0 saturated carbocycles. The van der Waals surface area contributed by atoms with Crippen molar-refractivity contribution in [3.63, 3.8) is 0 Å². The molecule has 0 aliphatic rings. The molecule has 0 aliphatic carbocycles. The molecular formula is C11H15N5. The molecule has 0 saturated heterocycles. The van der Waals surface area contributed by atoms with E-state index in [9.17, 15) is 0 Å². The number of hydrogen-bond acceptors (Lipinski definition) is 4. The number of aromatic amines is 1. The van der Waals surface area contributed by atoms with Crippen LogP contribution in [0.25, 0.3) is 0 Å². The minimum atomic E-state index is 0.715. The van der Waals surface area contributed by atoms with Gasteiger partial charge in [-0.2, -0.15) is 0 Å². The molecule has 4 N–H and O–H groups in total. The van der Waals surface area contributed by atoms with Crippen LogP contribution in [0.1, 0.15) is 11.3 Å². The molecule has 0 aliphatic heterocycles. The number of pyridine rings is 1. The smallest absolute Gasteiger partial charge is 0.149 e. The van der Waals surface area contributed by atoms with Crippen molar-refractivity contribution in [2.75, 3.05) is 17.6 Å². The minimum absolute atomic E-state index is 0.715. The lowest BCUT2D eigenvalue weighted by molar-refractivity contribution is 0.968. The second-order valence-corrected chi connectivity index (χ2v) is 3.64. The monoisotopic (exact) mass is 217 g/mol. The largest absolute Gasteiger partial charge is 0.396 e. The van der Waals surface area contributed by atoms with Gasteiger partial charge in [0.1, 0.15) is 5.82 Å². The Labute approximate surface area is 94.1 Å². The van der Waals surface area contributed by atoms with Crippen LogP contribution < -0.4 is 11.1 Å². The third-order valence-corrected chi connectivity index (χ3v) is 2.45. The van der Waals surface area contributed by atoms with Gasteiger partial charge in [-0.3, -0.25) is 0 Å². The maximum Gasteiger partial charge on any atom is 0.149 e. The van der Waals surface area contributed by atoms with Crippen molar-refractivity contribution < 1.29 is 0 Å². The number of rotatable bonds is 4. The number of nitrogens with one attached hydrogen (secondary N) is 2. The first-order valence-electron chi connectivity index (χ1n) is 5.19. The van der Waals surface area contributed by atoms with E-state index in [0.717, 1.165) is 30.0 Å². The molecular weight excluding hydrogens is 202 g/mol. The van der Waals surface area contributed by atoms with E-state index in [2.05, 4.69) is 20.3 Å². The highest BCUT2D eigenvalue weighted by Crippen LogP contribution is 2.18. The summed E-state index contributed by atoms with van der Waals surface area (Å²) in [6, 6.07) is 1.90. The Morgan fingerprint density at radius 3 is 3.12 bits per heavy atom. The summed E-state index contributed by atoms with van der Waals surface area (Å²) in [4.78, 5) is 11.2. The third kappa shape index (κ3) is 2.31. The Balaban J connectivity index is 1.92. The number of imidazole rings is 1. The van der Waals surface area contributed by atoms with Crippen molar-refractivity contribution in [3.05, 3.63) is 36.0 Å². The summed E-state index contributed by atoms with van der Waals surface area (Å²) < 4.78 is 0. The van der Waals surface area contributed by atoms with Crippen LogP contribution >= 0.6 is 0 Å². The molecule has 16 heavy (non-hydrogen) atoms. The number of anilines is 2. The zero-order valence-corrected chi connectivity index (χ0v) is 9.20. The number of nitrogens with zero attached hydrogens (tertiary/aromatic N) is 2. The van der Waals surface area contributed by atoms with Gasteiger partial charge in [0.05, 0.1) is 12.0 Å². The summed E-state index contributed by atoms with van der Waals surface area (Å²) in [6.45, 7) is 2.75. The summed E-state index contributed by atoms with van der Waals surface area (Å²) in [5, 5.41) is 3.21. The molecule has 0 bridgehead atoms. The minimum Gasteiger partial charge on any atom is -0.396 e. The summed E-state index contributed by atoms with van der Waals surface area (Å²) in [6.07, 6.45) is 6.11. The van der Waals surface area contributed by atoms with Gasteiger partial charge in [-0.05, 0) is 18.6 Å². The molecule has 5 heteroatoms. The predicted octanol–water partition coefficient (Wildman–Crippen LogP) is 1.35. The van der Waals surface area contributed by atoms with Gasteiger partial charge in [-0.25, -0.2) is 9.97 Å². The molecule has 0 amide bonds. The maximum atomic E-state index is 5.90. The van der Waals surface area contributed by atoms with Gasteiger partial charge >= 0.3 is 0 Å². The van der Waals surface area contributed by atoms with Crippen LogP contribution in [0, 0.1) is 6.92 Å². The molecule has 0 fully saturated rings. The van der Waals surface area contributed by atoms with Crippen LogP contribution in [0.4, 0.5) is 11.5 Å². The fourth-order valence-corrected chi connectivity index (χ4v) is 1.45. The van der Waals surface area contributed by atoms with E-state index in [-0.39, 0.29) is 0 Å². The fraction of sp³-hybridized carbons (Fsp3) is 0.273. The van der Waals surface area contributed by atoms with Crippen molar-refractivity contribution in [3.8, 4) is 0 Å². The second kappa shape index (κ2) is 4.65. The van der Waals surface area contributed by atoms with Crippen LogP contribution in [0.5, 0.6) is 0 Å². The van der Waals surface area contributed by atoms with Gasteiger partial charge < -0.3 is 16.0 Å². The van der Waals surface area contributed by atoms with Crippen LogP contribution in [-0.2, 0) is 6.42 Å². The Morgan fingerprint density at radius 2 is 2.38 bits per heavy atom. The Bertz CT molecular complexity index is 449. The lowest BCUT2D eigenvalue weighted by atomic mass is 10.2. The van der Waals surface area contributed by atoms with Crippen LogP contribution in [-0.4, -0.2) is 21.5 Å². The molecule has 0 aromatic carbocycles. The third-order valence-electron chi connectivity index (χ3n) is 2.45. The predicted molar refractivity (Wildman–Crippen MR) is 64.2 cm³/mol. The molecule has 0 unspecified atom stereocenters. The molecule has 84 valence electrons. The van der Waals surface area contributed by atoms with Crippen LogP contribution in [0.15, 0.2) is 24.8 Å². The van der Waals surface area contributed by atoms with Gasteiger partial charge in [-0.1, -0.05) is 0 Å². The molecule has 5 nitrogen and oxygen atoms in total. The first-order valence-corrected chi connectivity index (χ1v) is 5.19. The summed E-state index contributed by atoms with van der Waals surface area (Å²) in [5.74, 6) is 0.750. The van der Waals surface area contributed by atoms with Crippen molar-refractivity contribution in [2.45, 2.75) is 13.3 Å². The highest BCUT2D eigenvalue weighted by molar-refractivity contribution is 5.64. The molecule has 2 aromatic heterocycles. The summed E-state index contributed by atoms with van der Waals surface area (Å²) >= 11 is 0.